The SMILES string of the molecule is CCN(CC(O)c1ccc(C)cc1)C(=O)Nc1ccc([N+](=O)[O-])cc1. The number of carbonyl (C=O) groups excluding carboxylic acids is 1. The Kier molecular flexibility index (Phi) is 6.08. The number of benzene rings is 2. The van der Waals surface area contributed by atoms with Gasteiger partial charge in [-0.3, -0.25) is 10.1 Å². The molecular formula is C18H21N3O4. The number of hydrogen-bond acceptors (Lipinski definition) is 4. The molecule has 0 aromatic heterocycles. The van der Waals surface area contributed by atoms with Crippen LogP contribution < -0.4 is 5.32 Å². The van der Waals surface area contributed by atoms with Crippen LogP contribution in [0.15, 0.2) is 48.5 Å². The number of aliphatic hydroxyl groups excluding tert-OH is 1. The summed E-state index contributed by atoms with van der Waals surface area (Å²) in [6.45, 7) is 4.35. The minimum atomic E-state index is -0.789. The van der Waals surface area contributed by atoms with Gasteiger partial charge in [0.2, 0.25) is 0 Å². The summed E-state index contributed by atoms with van der Waals surface area (Å²) in [5.41, 5.74) is 2.26. The van der Waals surface area contributed by atoms with E-state index in [4.69, 9.17) is 0 Å². The van der Waals surface area contributed by atoms with Crippen molar-refractivity contribution >= 4 is 17.4 Å². The number of anilines is 1. The molecule has 0 aliphatic rings. The Bertz CT molecular complexity index is 729. The number of non-ortho nitro benzene ring substituents is 1. The van der Waals surface area contributed by atoms with Crippen LogP contribution in [0, 0.1) is 17.0 Å². The molecule has 25 heavy (non-hydrogen) atoms. The summed E-state index contributed by atoms with van der Waals surface area (Å²) in [6, 6.07) is 12.7. The molecule has 0 saturated carbocycles. The van der Waals surface area contributed by atoms with Gasteiger partial charge in [-0.05, 0) is 31.5 Å². The minimum Gasteiger partial charge on any atom is -0.387 e. The predicted octanol–water partition coefficient (Wildman–Crippen LogP) is 3.49. The van der Waals surface area contributed by atoms with Gasteiger partial charge in [0.25, 0.3) is 5.69 Å². The molecule has 0 aliphatic heterocycles. The second-order valence-corrected chi connectivity index (χ2v) is 5.70. The third kappa shape index (κ3) is 5.02. The van der Waals surface area contributed by atoms with Crippen molar-refractivity contribution in [3.63, 3.8) is 0 Å². The Morgan fingerprint density at radius 2 is 1.80 bits per heavy atom. The number of urea groups is 1. The number of aryl methyl sites for hydroxylation is 1. The zero-order valence-electron chi connectivity index (χ0n) is 14.2. The first-order chi connectivity index (χ1) is 11.9. The highest BCUT2D eigenvalue weighted by atomic mass is 16.6. The van der Waals surface area contributed by atoms with E-state index in [9.17, 15) is 20.0 Å². The van der Waals surface area contributed by atoms with Gasteiger partial charge in [0, 0.05) is 24.4 Å². The van der Waals surface area contributed by atoms with Crippen LogP contribution >= 0.6 is 0 Å². The first-order valence-corrected chi connectivity index (χ1v) is 7.95. The van der Waals surface area contributed by atoms with Gasteiger partial charge >= 0.3 is 6.03 Å². The summed E-state index contributed by atoms with van der Waals surface area (Å²) in [7, 11) is 0. The highest BCUT2D eigenvalue weighted by molar-refractivity contribution is 5.89. The van der Waals surface area contributed by atoms with Crippen molar-refractivity contribution in [2.75, 3.05) is 18.4 Å². The first-order valence-electron chi connectivity index (χ1n) is 7.95. The van der Waals surface area contributed by atoms with E-state index >= 15 is 0 Å². The molecule has 0 heterocycles. The molecule has 0 aliphatic carbocycles. The van der Waals surface area contributed by atoms with E-state index in [1.165, 1.54) is 29.2 Å². The standard InChI is InChI=1S/C18H21N3O4/c1-3-20(12-17(22)14-6-4-13(2)5-7-14)18(23)19-15-8-10-16(11-9-15)21(24)25/h4-11,17,22H,3,12H2,1-2H3,(H,19,23). The highest BCUT2D eigenvalue weighted by Crippen LogP contribution is 2.18. The third-order valence-corrected chi connectivity index (χ3v) is 3.85. The molecule has 1 unspecified atom stereocenters. The van der Waals surface area contributed by atoms with E-state index in [1.54, 1.807) is 0 Å². The molecule has 0 spiro atoms. The molecular weight excluding hydrogens is 322 g/mol. The number of amides is 2. The van der Waals surface area contributed by atoms with Crippen molar-refractivity contribution < 1.29 is 14.8 Å². The van der Waals surface area contributed by atoms with E-state index in [1.807, 2.05) is 38.1 Å². The first kappa shape index (κ1) is 18.4. The number of nitrogens with one attached hydrogen (secondary N) is 1. The average molecular weight is 343 g/mol. The Morgan fingerprint density at radius 3 is 2.32 bits per heavy atom. The number of carbonyl (C=O) groups is 1. The molecule has 0 radical (unpaired) electrons. The lowest BCUT2D eigenvalue weighted by Crippen LogP contribution is -2.37. The highest BCUT2D eigenvalue weighted by Gasteiger charge is 2.17. The Labute approximate surface area is 146 Å². The monoisotopic (exact) mass is 343 g/mol. The molecule has 2 amide bonds. The lowest BCUT2D eigenvalue weighted by Gasteiger charge is -2.24. The number of nitro benzene ring substituents is 1. The zero-order valence-corrected chi connectivity index (χ0v) is 14.2. The van der Waals surface area contributed by atoms with Crippen molar-refractivity contribution in [3.05, 3.63) is 69.8 Å². The number of hydrogen-bond donors (Lipinski definition) is 2. The van der Waals surface area contributed by atoms with Gasteiger partial charge < -0.3 is 15.3 Å². The van der Waals surface area contributed by atoms with Crippen LogP contribution in [0.2, 0.25) is 0 Å². The second kappa shape index (κ2) is 8.25. The summed E-state index contributed by atoms with van der Waals surface area (Å²) >= 11 is 0. The molecule has 1 atom stereocenters. The number of nitrogens with zero attached hydrogens (tertiary/aromatic N) is 2. The van der Waals surface area contributed by atoms with Crippen molar-refractivity contribution in [1.29, 1.82) is 0 Å². The van der Waals surface area contributed by atoms with Crippen LogP contribution in [0.1, 0.15) is 24.2 Å². The van der Waals surface area contributed by atoms with Crippen LogP contribution in [0.4, 0.5) is 16.2 Å². The van der Waals surface area contributed by atoms with Gasteiger partial charge in [-0.2, -0.15) is 0 Å². The van der Waals surface area contributed by atoms with Gasteiger partial charge in [-0.25, -0.2) is 4.79 Å². The number of aliphatic hydroxyl groups is 1. The molecule has 2 aromatic rings. The third-order valence-electron chi connectivity index (χ3n) is 3.85. The summed E-state index contributed by atoms with van der Waals surface area (Å²) in [5, 5.41) is 23.7. The molecule has 2 aromatic carbocycles. The fourth-order valence-corrected chi connectivity index (χ4v) is 2.33. The van der Waals surface area contributed by atoms with E-state index in [-0.39, 0.29) is 18.3 Å². The van der Waals surface area contributed by atoms with Crippen LogP contribution in [0.3, 0.4) is 0 Å². The molecule has 0 bridgehead atoms. The zero-order chi connectivity index (χ0) is 18.4. The van der Waals surface area contributed by atoms with Gasteiger partial charge in [0.15, 0.2) is 0 Å². The number of rotatable bonds is 6. The maximum Gasteiger partial charge on any atom is 0.321 e. The lowest BCUT2D eigenvalue weighted by molar-refractivity contribution is -0.384. The molecule has 0 fully saturated rings. The fraction of sp³-hybridized carbons (Fsp3) is 0.278. The normalized spacial score (nSPS) is 11.6. The van der Waals surface area contributed by atoms with Crippen LogP contribution in [-0.2, 0) is 0 Å². The van der Waals surface area contributed by atoms with E-state index in [0.717, 1.165) is 11.1 Å². The second-order valence-electron chi connectivity index (χ2n) is 5.70. The van der Waals surface area contributed by atoms with Crippen LogP contribution in [-0.4, -0.2) is 34.1 Å². The average Bonchev–Trinajstić information content (AvgIpc) is 2.60. The topological polar surface area (TPSA) is 95.7 Å². The van der Waals surface area contributed by atoms with Gasteiger partial charge in [0.1, 0.15) is 0 Å². The van der Waals surface area contributed by atoms with Crippen LogP contribution in [0.25, 0.3) is 0 Å². The smallest absolute Gasteiger partial charge is 0.321 e. The quantitative estimate of drug-likeness (QED) is 0.620. The van der Waals surface area contributed by atoms with E-state index in [0.29, 0.717) is 12.2 Å². The van der Waals surface area contributed by atoms with E-state index < -0.39 is 11.0 Å². The Morgan fingerprint density at radius 1 is 1.20 bits per heavy atom. The molecule has 2 N–H and O–H groups in total. The van der Waals surface area contributed by atoms with Gasteiger partial charge in [-0.1, -0.05) is 29.8 Å². The molecule has 7 nitrogen and oxygen atoms in total. The largest absolute Gasteiger partial charge is 0.387 e. The van der Waals surface area contributed by atoms with Gasteiger partial charge in [0.05, 0.1) is 17.6 Å². The van der Waals surface area contributed by atoms with E-state index in [2.05, 4.69) is 5.32 Å². The number of nitro groups is 1. The Balaban J connectivity index is 2.00. The minimum absolute atomic E-state index is 0.0415. The maximum absolute atomic E-state index is 12.4. The maximum atomic E-state index is 12.4. The van der Waals surface area contributed by atoms with Gasteiger partial charge in [-0.15, -0.1) is 0 Å². The molecule has 2 rings (SSSR count). The molecule has 7 heteroatoms. The summed E-state index contributed by atoms with van der Waals surface area (Å²) in [6.07, 6.45) is -0.789. The predicted molar refractivity (Wildman–Crippen MR) is 95.5 cm³/mol. The molecule has 132 valence electrons. The van der Waals surface area contributed by atoms with Crippen molar-refractivity contribution in [2.45, 2.75) is 20.0 Å². The summed E-state index contributed by atoms with van der Waals surface area (Å²) in [5.74, 6) is 0. The van der Waals surface area contributed by atoms with Crippen molar-refractivity contribution in [1.82, 2.24) is 4.90 Å². The fourth-order valence-electron chi connectivity index (χ4n) is 2.33. The summed E-state index contributed by atoms with van der Waals surface area (Å²) in [4.78, 5) is 24.0. The Hall–Kier alpha value is -2.93. The van der Waals surface area contributed by atoms with Crippen molar-refractivity contribution in [2.24, 2.45) is 0 Å². The summed E-state index contributed by atoms with van der Waals surface area (Å²) < 4.78 is 0. The number of likely N-dealkylation sites (N-methyl/N-ethyl adjacent to an activating group) is 1. The lowest BCUT2D eigenvalue weighted by atomic mass is 10.1. The van der Waals surface area contributed by atoms with Crippen molar-refractivity contribution in [3.8, 4) is 0 Å². The molecule has 0 saturated heterocycles. The van der Waals surface area contributed by atoms with Crippen LogP contribution in [0.5, 0.6) is 0 Å².